The number of hydrogen-bond acceptors (Lipinski definition) is 2. The molecule has 1 aromatic rings. The number of aryl methyl sites for hydroxylation is 3. The van der Waals surface area contributed by atoms with Crippen molar-refractivity contribution in [3.8, 4) is 0 Å². The summed E-state index contributed by atoms with van der Waals surface area (Å²) in [7, 11) is 0. The summed E-state index contributed by atoms with van der Waals surface area (Å²) in [5.41, 5.74) is 13.7. The first-order valence-corrected chi connectivity index (χ1v) is 5.26. The first-order valence-electron chi connectivity index (χ1n) is 4.85. The van der Waals surface area contributed by atoms with Crippen molar-refractivity contribution in [2.75, 3.05) is 0 Å². The normalized spacial score (nSPS) is 9.69. The number of nitrogens with two attached hydrogens (primary N) is 1. The number of nitrogens with one attached hydrogen (secondary N) is 2. The highest BCUT2D eigenvalue weighted by molar-refractivity contribution is 7.80. The number of hydrazine groups is 1. The Hall–Kier alpha value is -1.62. The van der Waals surface area contributed by atoms with E-state index in [1.54, 1.807) is 0 Å². The van der Waals surface area contributed by atoms with Crippen molar-refractivity contribution in [2.24, 2.45) is 5.73 Å². The largest absolute Gasteiger partial charge is 0.375 e. The molecule has 0 aliphatic carbocycles. The predicted molar refractivity (Wildman–Crippen MR) is 68.0 cm³/mol. The number of carbonyl (C=O) groups excluding carboxylic acids is 1. The monoisotopic (exact) mass is 237 g/mol. The van der Waals surface area contributed by atoms with Gasteiger partial charge in [0.25, 0.3) is 5.91 Å². The third-order valence-corrected chi connectivity index (χ3v) is 2.31. The van der Waals surface area contributed by atoms with E-state index in [-0.39, 0.29) is 11.0 Å². The lowest BCUT2D eigenvalue weighted by Gasteiger charge is -2.12. The lowest BCUT2D eigenvalue weighted by Crippen LogP contribution is -2.44. The molecule has 5 heteroatoms. The van der Waals surface area contributed by atoms with Crippen LogP contribution in [0.2, 0.25) is 0 Å². The van der Waals surface area contributed by atoms with Crippen LogP contribution in [-0.4, -0.2) is 11.0 Å². The summed E-state index contributed by atoms with van der Waals surface area (Å²) in [6, 6.07) is 3.92. The molecule has 0 unspecified atom stereocenters. The second-order valence-electron chi connectivity index (χ2n) is 3.72. The zero-order valence-corrected chi connectivity index (χ0v) is 10.4. The smallest absolute Gasteiger partial charge is 0.270 e. The molecule has 86 valence electrons. The summed E-state index contributed by atoms with van der Waals surface area (Å²) < 4.78 is 0. The molecule has 0 atom stereocenters. The van der Waals surface area contributed by atoms with Gasteiger partial charge in [0.1, 0.15) is 0 Å². The SMILES string of the molecule is Cc1cc(C)c(C(=O)NNC(N)=S)c(C)c1. The first-order chi connectivity index (χ1) is 7.41. The molecule has 0 heterocycles. The number of hydrogen-bond donors (Lipinski definition) is 3. The summed E-state index contributed by atoms with van der Waals surface area (Å²) in [6.45, 7) is 5.79. The van der Waals surface area contributed by atoms with E-state index in [9.17, 15) is 4.79 Å². The molecular formula is C11H15N3OS. The minimum atomic E-state index is -0.234. The summed E-state index contributed by atoms with van der Waals surface area (Å²) in [5, 5.41) is 0.0377. The molecule has 0 radical (unpaired) electrons. The second kappa shape index (κ2) is 4.94. The molecule has 1 amide bonds. The van der Waals surface area contributed by atoms with Crippen LogP contribution in [0, 0.1) is 20.8 Å². The number of carbonyl (C=O) groups is 1. The van der Waals surface area contributed by atoms with Crippen molar-refractivity contribution in [1.29, 1.82) is 0 Å². The van der Waals surface area contributed by atoms with Crippen molar-refractivity contribution >= 4 is 23.2 Å². The van der Waals surface area contributed by atoms with E-state index in [2.05, 4.69) is 23.1 Å². The van der Waals surface area contributed by atoms with Crippen molar-refractivity contribution in [3.63, 3.8) is 0 Å². The van der Waals surface area contributed by atoms with Gasteiger partial charge in [-0.1, -0.05) is 17.7 Å². The van der Waals surface area contributed by atoms with Crippen molar-refractivity contribution in [2.45, 2.75) is 20.8 Å². The molecule has 0 bridgehead atoms. The molecule has 0 fully saturated rings. The Balaban J connectivity index is 2.95. The van der Waals surface area contributed by atoms with E-state index in [1.807, 2.05) is 32.9 Å². The van der Waals surface area contributed by atoms with Crippen LogP contribution >= 0.6 is 12.2 Å². The van der Waals surface area contributed by atoms with Crippen LogP contribution in [-0.2, 0) is 0 Å². The number of rotatable bonds is 1. The van der Waals surface area contributed by atoms with Crippen molar-refractivity contribution in [3.05, 3.63) is 34.4 Å². The van der Waals surface area contributed by atoms with E-state index < -0.39 is 0 Å². The molecule has 1 aromatic carbocycles. The van der Waals surface area contributed by atoms with Crippen LogP contribution in [0.1, 0.15) is 27.0 Å². The Labute approximate surface area is 100 Å². The Morgan fingerprint density at radius 1 is 1.19 bits per heavy atom. The minimum absolute atomic E-state index is 0.0377. The van der Waals surface area contributed by atoms with Crippen LogP contribution in [0.15, 0.2) is 12.1 Å². The topological polar surface area (TPSA) is 67.2 Å². The Bertz CT molecular complexity index is 420. The quantitative estimate of drug-likeness (QED) is 0.505. The van der Waals surface area contributed by atoms with Gasteiger partial charge in [-0.3, -0.25) is 15.6 Å². The maximum absolute atomic E-state index is 11.8. The zero-order chi connectivity index (χ0) is 12.3. The lowest BCUT2D eigenvalue weighted by molar-refractivity contribution is 0.0943. The van der Waals surface area contributed by atoms with Gasteiger partial charge in [0.2, 0.25) is 0 Å². The fourth-order valence-electron chi connectivity index (χ4n) is 1.72. The molecule has 0 aliphatic heterocycles. The maximum Gasteiger partial charge on any atom is 0.270 e. The fraction of sp³-hybridized carbons (Fsp3) is 0.273. The third-order valence-electron chi connectivity index (χ3n) is 2.20. The average Bonchev–Trinajstić information content (AvgIpc) is 2.12. The summed E-state index contributed by atoms with van der Waals surface area (Å²) in [4.78, 5) is 11.8. The van der Waals surface area contributed by atoms with Crippen LogP contribution in [0.5, 0.6) is 0 Å². The molecular weight excluding hydrogens is 222 g/mol. The summed E-state index contributed by atoms with van der Waals surface area (Å²) in [5.74, 6) is -0.234. The highest BCUT2D eigenvalue weighted by atomic mass is 32.1. The second-order valence-corrected chi connectivity index (χ2v) is 4.16. The Kier molecular flexibility index (Phi) is 3.84. The number of benzene rings is 1. The highest BCUT2D eigenvalue weighted by Crippen LogP contribution is 2.15. The van der Waals surface area contributed by atoms with Gasteiger partial charge in [0.15, 0.2) is 5.11 Å². The minimum Gasteiger partial charge on any atom is -0.375 e. The van der Waals surface area contributed by atoms with Gasteiger partial charge in [-0.25, -0.2) is 0 Å². The molecule has 1 rings (SSSR count). The van der Waals surface area contributed by atoms with E-state index in [0.717, 1.165) is 16.7 Å². The Morgan fingerprint density at radius 2 is 1.69 bits per heavy atom. The van der Waals surface area contributed by atoms with Gasteiger partial charge < -0.3 is 5.73 Å². The fourth-order valence-corrected chi connectivity index (χ4v) is 1.77. The maximum atomic E-state index is 11.8. The molecule has 4 N–H and O–H groups in total. The van der Waals surface area contributed by atoms with Crippen LogP contribution < -0.4 is 16.6 Å². The van der Waals surface area contributed by atoms with Gasteiger partial charge >= 0.3 is 0 Å². The Morgan fingerprint density at radius 3 is 2.12 bits per heavy atom. The van der Waals surface area contributed by atoms with Crippen LogP contribution in [0.25, 0.3) is 0 Å². The van der Waals surface area contributed by atoms with Crippen LogP contribution in [0.3, 0.4) is 0 Å². The van der Waals surface area contributed by atoms with E-state index in [0.29, 0.717) is 5.56 Å². The average molecular weight is 237 g/mol. The van der Waals surface area contributed by atoms with Gasteiger partial charge in [-0.15, -0.1) is 0 Å². The predicted octanol–water partition coefficient (Wildman–Crippen LogP) is 1.09. The van der Waals surface area contributed by atoms with Crippen LogP contribution in [0.4, 0.5) is 0 Å². The van der Waals surface area contributed by atoms with Gasteiger partial charge in [-0.2, -0.15) is 0 Å². The number of thiocarbonyl (C=S) groups is 1. The molecule has 0 saturated carbocycles. The molecule has 0 aliphatic rings. The van der Waals surface area contributed by atoms with E-state index in [1.165, 1.54) is 0 Å². The number of amides is 1. The van der Waals surface area contributed by atoms with Gasteiger partial charge in [0, 0.05) is 5.56 Å². The van der Waals surface area contributed by atoms with E-state index >= 15 is 0 Å². The van der Waals surface area contributed by atoms with Crippen molar-refractivity contribution < 1.29 is 4.79 Å². The third kappa shape index (κ3) is 2.93. The standard InChI is InChI=1S/C11H15N3OS/c1-6-4-7(2)9(8(3)5-6)10(15)13-14-11(12)16/h4-5H,1-3H3,(H,13,15)(H3,12,14,16). The van der Waals surface area contributed by atoms with E-state index in [4.69, 9.17) is 5.73 Å². The molecule has 16 heavy (non-hydrogen) atoms. The van der Waals surface area contributed by atoms with Crippen molar-refractivity contribution in [1.82, 2.24) is 10.9 Å². The molecule has 0 saturated heterocycles. The highest BCUT2D eigenvalue weighted by Gasteiger charge is 2.12. The lowest BCUT2D eigenvalue weighted by atomic mass is 9.99. The van der Waals surface area contributed by atoms with Gasteiger partial charge in [0.05, 0.1) is 0 Å². The molecule has 0 aromatic heterocycles. The summed E-state index contributed by atoms with van der Waals surface area (Å²) >= 11 is 4.60. The van der Waals surface area contributed by atoms with Gasteiger partial charge in [-0.05, 0) is 44.1 Å². The summed E-state index contributed by atoms with van der Waals surface area (Å²) in [6.07, 6.45) is 0. The zero-order valence-electron chi connectivity index (χ0n) is 9.55. The molecule has 0 spiro atoms. The first kappa shape index (κ1) is 12.4. The molecule has 4 nitrogen and oxygen atoms in total.